The summed E-state index contributed by atoms with van der Waals surface area (Å²) in [5, 5.41) is 7.57. The summed E-state index contributed by atoms with van der Waals surface area (Å²) in [6.07, 6.45) is 5.54. The molecular weight excluding hydrogens is 585 g/mol. The first kappa shape index (κ1) is 41.2. The summed E-state index contributed by atoms with van der Waals surface area (Å²) in [6, 6.07) is 20.3. The molecule has 43 heavy (non-hydrogen) atoms. The van der Waals surface area contributed by atoms with Crippen molar-refractivity contribution < 1.29 is 26.7 Å². The fourth-order valence-corrected chi connectivity index (χ4v) is 6.55. The van der Waals surface area contributed by atoms with E-state index in [1.54, 1.807) is 14.0 Å². The normalized spacial score (nSPS) is 17.3. The smallest absolute Gasteiger partial charge is 0.152 e. The van der Waals surface area contributed by atoms with E-state index in [2.05, 4.69) is 52.6 Å². The molecule has 2 aliphatic rings. The Labute approximate surface area is 263 Å². The molecule has 2 aromatic carbocycles. The van der Waals surface area contributed by atoms with Gasteiger partial charge in [0.15, 0.2) is 19.7 Å². The second-order valence-corrected chi connectivity index (χ2v) is 15.0. The van der Waals surface area contributed by atoms with Gasteiger partial charge in [0.1, 0.15) is 0 Å². The number of nitrogens with zero attached hydrogens (tertiary/aromatic N) is 2. The minimum Gasteiger partial charge on any atom is -0.397 e. The molecule has 8 nitrogen and oxygen atoms in total. The zero-order valence-corrected chi connectivity index (χ0v) is 28.9. The molecule has 0 spiro atoms. The summed E-state index contributed by atoms with van der Waals surface area (Å²) in [5.41, 5.74) is 2.49. The van der Waals surface area contributed by atoms with Gasteiger partial charge in [-0.05, 0) is 25.0 Å². The van der Waals surface area contributed by atoms with Gasteiger partial charge in [0.05, 0.1) is 23.0 Å². The summed E-state index contributed by atoms with van der Waals surface area (Å²) in [4.78, 5) is 4.38. The van der Waals surface area contributed by atoms with Gasteiger partial charge in [-0.15, -0.1) is 0 Å². The fraction of sp³-hybridized carbons (Fsp3) is 0.636. The second kappa shape index (κ2) is 25.5. The molecule has 10 heteroatoms. The molecule has 0 radical (unpaired) electrons. The zero-order valence-electron chi connectivity index (χ0n) is 27.3. The average Bonchev–Trinajstić information content (AvgIpc) is 3.00. The van der Waals surface area contributed by atoms with Crippen LogP contribution >= 0.6 is 0 Å². The first-order valence-corrected chi connectivity index (χ1v) is 19.2. The molecule has 1 N–H and O–H groups in total. The van der Waals surface area contributed by atoms with Crippen LogP contribution in [0.3, 0.4) is 0 Å². The first-order chi connectivity index (χ1) is 20.6. The molecule has 0 amide bonds. The summed E-state index contributed by atoms with van der Waals surface area (Å²) in [7, 11) is -3.82. The van der Waals surface area contributed by atoms with E-state index in [1.807, 2.05) is 43.3 Å². The number of rotatable bonds is 8. The minimum atomic E-state index is -2.75. The van der Waals surface area contributed by atoms with Crippen molar-refractivity contribution in [2.75, 3.05) is 69.5 Å². The number of methoxy groups -OCH3 is 1. The number of aliphatic hydroxyl groups is 1. The van der Waals surface area contributed by atoms with Crippen LogP contribution < -0.4 is 0 Å². The molecule has 0 bridgehead atoms. The molecule has 2 aliphatic heterocycles. The Kier molecular flexibility index (Phi) is 24.4. The van der Waals surface area contributed by atoms with Gasteiger partial charge in [0.25, 0.3) is 0 Å². The van der Waals surface area contributed by atoms with E-state index < -0.39 is 19.7 Å². The third-order valence-corrected chi connectivity index (χ3v) is 9.84. The van der Waals surface area contributed by atoms with Crippen LogP contribution in [0.15, 0.2) is 60.7 Å². The maximum Gasteiger partial charge on any atom is 0.152 e. The number of benzene rings is 2. The van der Waals surface area contributed by atoms with Crippen LogP contribution in [-0.4, -0.2) is 101 Å². The van der Waals surface area contributed by atoms with Crippen LogP contribution in [0.4, 0.5) is 0 Å². The standard InChI is InChI=1S/2C11H15NO2S.C6H14.C3H8O.C2H6O/c2*13-15(14)8-6-12(7-9-15)10-11-4-2-1-3-5-11;1-3-5-6-4-2;1-3-4-2;1-2-3/h2*1-5H,6-10H2;3-6H2,1-2H3;3H2,1-2H3;3H,2H2,1H3. The number of aliphatic hydroxyl groups excluding tert-OH is 1. The molecule has 2 fully saturated rings. The highest BCUT2D eigenvalue weighted by molar-refractivity contribution is 7.91. The molecule has 0 aromatic heterocycles. The van der Waals surface area contributed by atoms with Crippen LogP contribution in [0.5, 0.6) is 0 Å². The molecule has 0 unspecified atom stereocenters. The summed E-state index contributed by atoms with van der Waals surface area (Å²) >= 11 is 0. The topological polar surface area (TPSA) is 104 Å². The van der Waals surface area contributed by atoms with Gasteiger partial charge in [0.2, 0.25) is 0 Å². The third kappa shape index (κ3) is 23.3. The second-order valence-electron chi connectivity index (χ2n) is 10.4. The van der Waals surface area contributed by atoms with Crippen LogP contribution in [0.25, 0.3) is 0 Å². The summed E-state index contributed by atoms with van der Waals surface area (Å²) in [5.74, 6) is 1.22. The Bertz CT molecular complexity index is 997. The molecule has 0 atom stereocenters. The van der Waals surface area contributed by atoms with Gasteiger partial charge in [-0.1, -0.05) is 100 Å². The first-order valence-electron chi connectivity index (χ1n) is 15.6. The summed E-state index contributed by atoms with van der Waals surface area (Å²) in [6.45, 7) is 13.5. The summed E-state index contributed by atoms with van der Waals surface area (Å²) < 4.78 is 49.4. The Balaban J connectivity index is 0.000000590. The van der Waals surface area contributed by atoms with Crippen molar-refractivity contribution in [3.8, 4) is 0 Å². The Morgan fingerprint density at radius 2 is 0.907 bits per heavy atom. The fourth-order valence-electron chi connectivity index (χ4n) is 4.00. The van der Waals surface area contributed by atoms with Gasteiger partial charge < -0.3 is 9.84 Å². The van der Waals surface area contributed by atoms with E-state index >= 15 is 0 Å². The highest BCUT2D eigenvalue weighted by Crippen LogP contribution is 2.10. The van der Waals surface area contributed by atoms with Gasteiger partial charge in [0, 0.05) is 59.6 Å². The predicted molar refractivity (Wildman–Crippen MR) is 181 cm³/mol. The van der Waals surface area contributed by atoms with Crippen molar-refractivity contribution in [1.82, 2.24) is 9.80 Å². The number of hydrogen-bond donors (Lipinski definition) is 1. The maximum absolute atomic E-state index is 11.2. The van der Waals surface area contributed by atoms with Crippen molar-refractivity contribution in [3.05, 3.63) is 71.8 Å². The quantitative estimate of drug-likeness (QED) is 0.398. The minimum absolute atomic E-state index is 0.250. The molecule has 248 valence electrons. The maximum atomic E-state index is 11.2. The SMILES string of the molecule is CCCCCC.CCO.CCOC.O=S1(=O)CCN(Cc2ccccc2)CC1.O=S1(=O)CCN(Cc2ccccc2)CC1. The zero-order chi connectivity index (χ0) is 32.4. The van der Waals surface area contributed by atoms with Crippen LogP contribution in [-0.2, 0) is 37.5 Å². The number of sulfone groups is 2. The van der Waals surface area contributed by atoms with Crippen molar-refractivity contribution >= 4 is 19.7 Å². The van der Waals surface area contributed by atoms with Crippen LogP contribution in [0, 0.1) is 0 Å². The number of hydrogen-bond acceptors (Lipinski definition) is 8. The molecule has 2 saturated heterocycles. The van der Waals surface area contributed by atoms with Crippen LogP contribution in [0.1, 0.15) is 64.5 Å². The Hall–Kier alpha value is -1.82. The van der Waals surface area contributed by atoms with E-state index in [1.165, 1.54) is 36.8 Å². The molecule has 0 saturated carbocycles. The number of ether oxygens (including phenoxy) is 1. The van der Waals surface area contributed by atoms with Crippen LogP contribution in [0.2, 0.25) is 0 Å². The van der Waals surface area contributed by atoms with Gasteiger partial charge in [-0.25, -0.2) is 16.8 Å². The van der Waals surface area contributed by atoms with E-state index in [4.69, 9.17) is 5.11 Å². The van der Waals surface area contributed by atoms with Gasteiger partial charge >= 0.3 is 0 Å². The molecule has 2 heterocycles. The van der Waals surface area contributed by atoms with Gasteiger partial charge in [-0.2, -0.15) is 0 Å². The molecule has 2 aromatic rings. The lowest BCUT2D eigenvalue weighted by atomic mass is 10.2. The van der Waals surface area contributed by atoms with Crippen molar-refractivity contribution in [3.63, 3.8) is 0 Å². The molecule has 0 aliphatic carbocycles. The van der Waals surface area contributed by atoms with E-state index in [-0.39, 0.29) is 6.61 Å². The van der Waals surface area contributed by atoms with Crippen molar-refractivity contribution in [2.45, 2.75) is 66.5 Å². The van der Waals surface area contributed by atoms with E-state index in [0.29, 0.717) is 49.2 Å². The third-order valence-electron chi connectivity index (χ3n) is 6.62. The average molecular weight is 643 g/mol. The van der Waals surface area contributed by atoms with Gasteiger partial charge in [-0.3, -0.25) is 9.80 Å². The van der Waals surface area contributed by atoms with E-state index in [9.17, 15) is 16.8 Å². The van der Waals surface area contributed by atoms with Crippen molar-refractivity contribution in [2.24, 2.45) is 0 Å². The molecule has 4 rings (SSSR count). The monoisotopic (exact) mass is 642 g/mol. The highest BCUT2D eigenvalue weighted by Gasteiger charge is 2.22. The number of unbranched alkanes of at least 4 members (excludes halogenated alkanes) is 3. The largest absolute Gasteiger partial charge is 0.397 e. The Morgan fingerprint density at radius 1 is 0.628 bits per heavy atom. The van der Waals surface area contributed by atoms with E-state index in [0.717, 1.165) is 19.7 Å². The van der Waals surface area contributed by atoms with Crippen molar-refractivity contribution in [1.29, 1.82) is 0 Å². The predicted octanol–water partition coefficient (Wildman–Crippen LogP) is 5.07. The lowest BCUT2D eigenvalue weighted by molar-refractivity contribution is 0.215. The molecular formula is C33H58N2O6S2. The lowest BCUT2D eigenvalue weighted by Crippen LogP contribution is -2.39. The highest BCUT2D eigenvalue weighted by atomic mass is 32.2. The Morgan fingerprint density at radius 3 is 1.14 bits per heavy atom. The lowest BCUT2D eigenvalue weighted by Gasteiger charge is -2.26.